The van der Waals surface area contributed by atoms with Gasteiger partial charge in [-0.15, -0.1) is 0 Å². The van der Waals surface area contributed by atoms with Gasteiger partial charge in [0.05, 0.1) is 11.9 Å². The number of carboxylic acids is 2. The second kappa shape index (κ2) is 6.26. The van der Waals surface area contributed by atoms with Crippen molar-refractivity contribution >= 4 is 11.9 Å². The predicted octanol–water partition coefficient (Wildman–Crippen LogP) is -0.533. The number of carbonyl (C=O) groups is 2. The molecule has 17 heavy (non-hydrogen) atoms. The van der Waals surface area contributed by atoms with Gasteiger partial charge in [-0.1, -0.05) is 24.3 Å². The first-order valence-electron chi connectivity index (χ1n) is 3.87. The number of benzene rings is 1. The Hall–Kier alpha value is -1.54. The van der Waals surface area contributed by atoms with Gasteiger partial charge >= 0.3 is 34.0 Å². The van der Waals surface area contributed by atoms with Crippen LogP contribution >= 0.6 is 0 Å². The molecule has 0 heterocycles. The number of hydrogen-bond donors (Lipinski definition) is 0. The van der Waals surface area contributed by atoms with Gasteiger partial charge in [-0.3, -0.25) is 0 Å². The van der Waals surface area contributed by atoms with Crippen LogP contribution in [-0.4, -0.2) is 17.0 Å². The zero-order valence-electron chi connectivity index (χ0n) is 7.91. The van der Waals surface area contributed by atoms with Gasteiger partial charge in [-0.05, 0) is 11.1 Å². The third-order valence-electron chi connectivity index (χ3n) is 1.36. The van der Waals surface area contributed by atoms with Crippen molar-refractivity contribution in [3.05, 3.63) is 35.4 Å². The van der Waals surface area contributed by atoms with E-state index in [0.717, 1.165) is 24.3 Å². The second-order valence-corrected chi connectivity index (χ2v) is 3.15. The molecule has 0 aliphatic rings. The van der Waals surface area contributed by atoms with Gasteiger partial charge in [0.2, 0.25) is 0 Å². The van der Waals surface area contributed by atoms with E-state index in [1.807, 2.05) is 0 Å². The molecule has 0 aliphatic carbocycles. The van der Waals surface area contributed by atoms with Crippen molar-refractivity contribution in [3.63, 3.8) is 0 Å². The Labute approximate surface area is 102 Å². The molecule has 0 amide bonds. The van der Waals surface area contributed by atoms with E-state index < -0.39 is 17.0 Å². The van der Waals surface area contributed by atoms with E-state index in [1.165, 1.54) is 0 Å². The van der Waals surface area contributed by atoms with Crippen LogP contribution in [0.5, 0.6) is 0 Å². The molecule has 8 heteroatoms. The molecule has 4 nitrogen and oxygen atoms in total. The van der Waals surface area contributed by atoms with Crippen molar-refractivity contribution < 1.29 is 48.7 Å². The van der Waals surface area contributed by atoms with Crippen LogP contribution in [0.3, 0.4) is 0 Å². The van der Waals surface area contributed by atoms with E-state index in [1.54, 1.807) is 0 Å². The summed E-state index contributed by atoms with van der Waals surface area (Å²) in [4.78, 5) is 20.4. The van der Waals surface area contributed by atoms with Gasteiger partial charge < -0.3 is 19.8 Å². The molecule has 0 bridgehead atoms. The fraction of sp³-hybridized carbons (Fsp3) is 0.111. The predicted molar refractivity (Wildman–Crippen MR) is 41.2 cm³/mol. The molecule has 0 saturated carbocycles. The molecular weight excluding hydrogens is 288 g/mol. The number of carbonyl (C=O) groups excluding carboxylic acids is 2. The average Bonchev–Trinajstić information content (AvgIpc) is 2.15. The molecule has 0 aliphatic heterocycles. The molecule has 0 spiro atoms. The molecule has 0 aromatic heterocycles. The van der Waals surface area contributed by atoms with Gasteiger partial charge in [-0.2, -0.15) is 0 Å². The van der Waals surface area contributed by atoms with Crippen LogP contribution in [-0.2, 0) is 15.7 Å². The van der Waals surface area contributed by atoms with Gasteiger partial charge in [0.15, 0.2) is 0 Å². The van der Waals surface area contributed by atoms with E-state index in [9.17, 15) is 33.0 Å². The van der Waals surface area contributed by atoms with Crippen molar-refractivity contribution in [3.8, 4) is 0 Å². The van der Waals surface area contributed by atoms with Crippen LogP contribution < -0.4 is 10.2 Å². The van der Waals surface area contributed by atoms with E-state index in [4.69, 9.17) is 0 Å². The van der Waals surface area contributed by atoms with Crippen molar-refractivity contribution in [2.24, 2.45) is 0 Å². The van der Waals surface area contributed by atoms with Crippen LogP contribution in [0.4, 0.5) is 13.2 Å². The zero-order valence-corrected chi connectivity index (χ0v) is 8.95. The number of carboxylic acid groups (broad SMARTS) is 2. The van der Waals surface area contributed by atoms with E-state index in [-0.39, 0.29) is 11.1 Å². The van der Waals surface area contributed by atoms with Crippen LogP contribution in [0.1, 0.15) is 20.7 Å². The zero-order chi connectivity index (χ0) is 13.6. The average molecular weight is 292 g/mol. The molecule has 1 aromatic carbocycles. The van der Waals surface area contributed by atoms with Crippen LogP contribution in [0.2, 0.25) is 0 Å². The molecule has 0 atom stereocenters. The minimum Gasteiger partial charge on any atom is -0.545 e. The first-order valence-corrected chi connectivity index (χ1v) is 4.39. The third-order valence-corrected chi connectivity index (χ3v) is 1.36. The van der Waals surface area contributed by atoms with Gasteiger partial charge in [-0.25, -0.2) is 0 Å². The topological polar surface area (TPSA) is 80.3 Å². The largest absolute Gasteiger partial charge is 0.545 e. The maximum Gasteiger partial charge on any atom is 0.0715 e. The van der Waals surface area contributed by atoms with Gasteiger partial charge in [0.1, 0.15) is 0 Å². The summed E-state index contributed by atoms with van der Waals surface area (Å²) < 4.78 is 30.6. The van der Waals surface area contributed by atoms with Crippen LogP contribution in [0, 0.1) is 0 Å². The Bertz CT molecular complexity index is 361. The Kier molecular flexibility index (Phi) is 5.69. The molecule has 1 rings (SSSR count). The maximum atomic E-state index is 10.2. The summed E-state index contributed by atoms with van der Waals surface area (Å²) in [6.07, 6.45) is 0. The quantitative estimate of drug-likeness (QED) is 0.733. The SMILES string of the molecule is F[C](F)(F)[Co+2].O=C([O-])c1ccc(C(=O)[O-])cc1. The van der Waals surface area contributed by atoms with E-state index >= 15 is 0 Å². The molecule has 0 unspecified atom stereocenters. The summed E-state index contributed by atoms with van der Waals surface area (Å²) in [7, 11) is 0. The molecule has 0 fully saturated rings. The maximum absolute atomic E-state index is 10.2. The Balaban J connectivity index is 0.000000437. The number of aromatic carboxylic acids is 2. The second-order valence-electron chi connectivity index (χ2n) is 2.56. The fourth-order valence-corrected chi connectivity index (χ4v) is 0.742. The summed E-state index contributed by atoms with van der Waals surface area (Å²) in [6, 6.07) is 4.61. The normalized spacial score (nSPS) is 10.1. The summed E-state index contributed by atoms with van der Waals surface area (Å²) in [6.45, 7) is 0. The van der Waals surface area contributed by atoms with Crippen molar-refractivity contribution in [2.45, 2.75) is 5.11 Å². The number of halogens is 3. The molecule has 94 valence electrons. The Morgan fingerprint density at radius 2 is 1.12 bits per heavy atom. The number of hydrogen-bond acceptors (Lipinski definition) is 4. The standard InChI is InChI=1S/C8H6O4.CF3.Co/c9-7(10)5-1-2-6(4-3-5)8(11)12;2-1(3)4;/h1-4H,(H,9,10)(H,11,12);;/q;;+2/p-2. The summed E-state index contributed by atoms with van der Waals surface area (Å²) >= 11 is 2.17. The minimum atomic E-state index is -4.31. The van der Waals surface area contributed by atoms with Gasteiger partial charge in [0.25, 0.3) is 0 Å². The smallest absolute Gasteiger partial charge is 0.0715 e. The molecule has 1 aromatic rings. The molecular formula is C9H4CoF3O4. The third kappa shape index (κ3) is 8.28. The van der Waals surface area contributed by atoms with Gasteiger partial charge in [0, 0.05) is 0 Å². The molecule has 0 radical (unpaired) electrons. The Morgan fingerprint density at radius 3 is 1.24 bits per heavy atom. The summed E-state index contributed by atoms with van der Waals surface area (Å²) in [5.41, 5.74) is -0.111. The number of rotatable bonds is 2. The van der Waals surface area contributed by atoms with Crippen LogP contribution in [0.15, 0.2) is 24.3 Å². The first kappa shape index (κ1) is 15.5. The summed E-state index contributed by atoms with van der Waals surface area (Å²) in [5, 5.41) is 16.1. The minimum absolute atomic E-state index is 0.0556. The van der Waals surface area contributed by atoms with Crippen molar-refractivity contribution in [2.75, 3.05) is 0 Å². The van der Waals surface area contributed by atoms with E-state index in [0.29, 0.717) is 0 Å². The van der Waals surface area contributed by atoms with E-state index in [2.05, 4.69) is 15.7 Å². The monoisotopic (exact) mass is 292 g/mol. The molecule has 0 saturated heterocycles. The Morgan fingerprint density at radius 1 is 0.941 bits per heavy atom. The fourth-order valence-electron chi connectivity index (χ4n) is 0.742. The van der Waals surface area contributed by atoms with Crippen molar-refractivity contribution in [1.29, 1.82) is 0 Å². The first-order chi connectivity index (χ1) is 7.61. The summed E-state index contributed by atoms with van der Waals surface area (Å²) in [5.74, 6) is -2.67. The molecule has 0 N–H and O–H groups in total. The van der Waals surface area contributed by atoms with Crippen LogP contribution in [0.25, 0.3) is 0 Å². The number of alkyl halides is 3. The van der Waals surface area contributed by atoms with Crippen molar-refractivity contribution in [1.82, 2.24) is 0 Å².